The van der Waals surface area contributed by atoms with E-state index in [1.807, 2.05) is 0 Å². The van der Waals surface area contributed by atoms with Crippen LogP contribution in [0.15, 0.2) is 0 Å². The minimum atomic E-state index is -1.36. The van der Waals surface area contributed by atoms with Crippen LogP contribution < -0.4 is 0 Å². The quantitative estimate of drug-likeness (QED) is 0.398. The standard InChI is InChI=1S/C9H14N2O4/c1-5(11-10)7(12)8(13)6-4-14-9(2,3)15-6/h6,8,13H,4H2,1-3H3/t6?,8-/m1/s1. The molecule has 0 saturated carbocycles. The van der Waals surface area contributed by atoms with Gasteiger partial charge in [0.2, 0.25) is 0 Å². The summed E-state index contributed by atoms with van der Waals surface area (Å²) >= 11 is 0. The number of aliphatic hydroxyl groups is 1. The fraction of sp³-hybridized carbons (Fsp3) is 0.778. The number of carbonyl (C=O) groups is 1. The number of ketones is 1. The summed E-state index contributed by atoms with van der Waals surface area (Å²) in [7, 11) is 0. The molecule has 1 rings (SSSR count). The van der Waals surface area contributed by atoms with Crippen LogP contribution in [-0.4, -0.2) is 46.0 Å². The molecule has 0 radical (unpaired) electrons. The molecule has 1 fully saturated rings. The lowest BCUT2D eigenvalue weighted by Crippen LogP contribution is -2.40. The molecule has 84 valence electrons. The van der Waals surface area contributed by atoms with Gasteiger partial charge in [0.05, 0.1) is 6.61 Å². The van der Waals surface area contributed by atoms with Gasteiger partial charge in [-0.2, -0.15) is 4.79 Å². The van der Waals surface area contributed by atoms with Crippen LogP contribution in [0, 0.1) is 0 Å². The summed E-state index contributed by atoms with van der Waals surface area (Å²) in [4.78, 5) is 14.1. The monoisotopic (exact) mass is 214 g/mol. The molecule has 0 aromatic rings. The van der Waals surface area contributed by atoms with Crippen molar-refractivity contribution < 1.29 is 24.2 Å². The van der Waals surface area contributed by atoms with Crippen molar-refractivity contribution in [3.8, 4) is 0 Å². The van der Waals surface area contributed by atoms with E-state index in [-0.39, 0.29) is 12.3 Å². The molecule has 1 saturated heterocycles. The first-order chi connectivity index (χ1) is 6.87. The van der Waals surface area contributed by atoms with Gasteiger partial charge < -0.3 is 20.1 Å². The lowest BCUT2D eigenvalue weighted by molar-refractivity contribution is -0.156. The summed E-state index contributed by atoms with van der Waals surface area (Å²) in [6.45, 7) is 4.83. The Kier molecular flexibility index (Phi) is 3.36. The number of rotatable bonds is 3. The molecule has 1 aliphatic rings. The fourth-order valence-corrected chi connectivity index (χ4v) is 1.30. The maximum absolute atomic E-state index is 11.4. The Hall–Kier alpha value is -1.07. The lowest BCUT2D eigenvalue weighted by Gasteiger charge is -2.18. The number of ether oxygens (including phenoxy) is 2. The molecule has 0 aromatic heterocycles. The molecule has 0 bridgehead atoms. The van der Waals surface area contributed by atoms with Gasteiger partial charge >= 0.3 is 5.71 Å². The van der Waals surface area contributed by atoms with E-state index < -0.39 is 23.8 Å². The smallest absolute Gasteiger partial charge is 0.334 e. The molecule has 6 nitrogen and oxygen atoms in total. The zero-order chi connectivity index (χ0) is 11.6. The van der Waals surface area contributed by atoms with Crippen molar-refractivity contribution in [3.05, 3.63) is 5.53 Å². The third kappa shape index (κ3) is 2.70. The summed E-state index contributed by atoms with van der Waals surface area (Å²) < 4.78 is 10.5. The first kappa shape index (κ1) is 12.0. The summed E-state index contributed by atoms with van der Waals surface area (Å²) in [6, 6.07) is 0. The molecule has 1 aliphatic heterocycles. The van der Waals surface area contributed by atoms with Crippen molar-refractivity contribution >= 4 is 11.5 Å². The largest absolute Gasteiger partial charge is 0.382 e. The van der Waals surface area contributed by atoms with E-state index in [1.165, 1.54) is 6.92 Å². The number of aliphatic hydroxyl groups excluding tert-OH is 1. The molecular formula is C9H14N2O4. The van der Waals surface area contributed by atoms with Gasteiger partial charge in [0.1, 0.15) is 6.10 Å². The highest BCUT2D eigenvalue weighted by Gasteiger charge is 2.41. The van der Waals surface area contributed by atoms with Gasteiger partial charge in [-0.3, -0.25) is 4.79 Å². The molecule has 6 heteroatoms. The summed E-state index contributed by atoms with van der Waals surface area (Å²) in [5.74, 6) is -1.46. The van der Waals surface area contributed by atoms with Gasteiger partial charge in [0, 0.05) is 6.92 Å². The first-order valence-electron chi connectivity index (χ1n) is 4.60. The molecule has 1 heterocycles. The minimum absolute atomic E-state index is 0.138. The Morgan fingerprint density at radius 2 is 2.27 bits per heavy atom. The summed E-state index contributed by atoms with van der Waals surface area (Å²) in [6.07, 6.45) is -2.08. The van der Waals surface area contributed by atoms with E-state index >= 15 is 0 Å². The van der Waals surface area contributed by atoms with Crippen molar-refractivity contribution in [2.24, 2.45) is 0 Å². The van der Waals surface area contributed by atoms with Crippen LogP contribution in [0.3, 0.4) is 0 Å². The SMILES string of the molecule is CC(=[N+]=[N-])C(=O)[C@H](O)C1COC(C)(C)O1. The minimum Gasteiger partial charge on any atom is -0.382 e. The van der Waals surface area contributed by atoms with Gasteiger partial charge in [-0.15, -0.1) is 0 Å². The van der Waals surface area contributed by atoms with Crippen LogP contribution in [0.2, 0.25) is 0 Å². The van der Waals surface area contributed by atoms with Crippen molar-refractivity contribution in [2.75, 3.05) is 6.61 Å². The molecule has 1 N–H and O–H groups in total. The van der Waals surface area contributed by atoms with E-state index in [1.54, 1.807) is 13.8 Å². The lowest BCUT2D eigenvalue weighted by atomic mass is 10.1. The van der Waals surface area contributed by atoms with Crippen LogP contribution in [0.5, 0.6) is 0 Å². The number of carbonyl (C=O) groups excluding carboxylic acids is 1. The molecule has 0 spiro atoms. The number of hydrogen-bond acceptors (Lipinski definition) is 4. The van der Waals surface area contributed by atoms with Crippen LogP contribution in [0.1, 0.15) is 20.8 Å². The second-order valence-electron chi connectivity index (χ2n) is 3.86. The molecule has 1 unspecified atom stereocenters. The third-order valence-electron chi connectivity index (χ3n) is 2.16. The van der Waals surface area contributed by atoms with Gasteiger partial charge in [0.25, 0.3) is 5.78 Å². The Balaban J connectivity index is 2.67. The Morgan fingerprint density at radius 3 is 2.67 bits per heavy atom. The van der Waals surface area contributed by atoms with Crippen molar-refractivity contribution in [2.45, 2.75) is 38.8 Å². The molecule has 15 heavy (non-hydrogen) atoms. The van der Waals surface area contributed by atoms with Crippen molar-refractivity contribution in [1.82, 2.24) is 0 Å². The van der Waals surface area contributed by atoms with Crippen LogP contribution in [-0.2, 0) is 14.3 Å². The van der Waals surface area contributed by atoms with Crippen LogP contribution >= 0.6 is 0 Å². The highest BCUT2D eigenvalue weighted by Crippen LogP contribution is 2.24. The topological polar surface area (TPSA) is 92.2 Å². The average Bonchev–Trinajstić information content (AvgIpc) is 2.55. The van der Waals surface area contributed by atoms with E-state index in [9.17, 15) is 9.90 Å². The van der Waals surface area contributed by atoms with Gasteiger partial charge in [-0.25, -0.2) is 0 Å². The first-order valence-corrected chi connectivity index (χ1v) is 4.60. The maximum Gasteiger partial charge on any atom is 0.334 e. The van der Waals surface area contributed by atoms with E-state index in [2.05, 4.69) is 4.79 Å². The maximum atomic E-state index is 11.4. The molecule has 0 aromatic carbocycles. The predicted octanol–water partition coefficient (Wildman–Crippen LogP) is -0.241. The second-order valence-corrected chi connectivity index (χ2v) is 3.86. The van der Waals surface area contributed by atoms with Crippen molar-refractivity contribution in [1.29, 1.82) is 0 Å². The van der Waals surface area contributed by atoms with E-state index in [0.717, 1.165) is 0 Å². The van der Waals surface area contributed by atoms with Crippen molar-refractivity contribution in [3.63, 3.8) is 0 Å². The fourth-order valence-electron chi connectivity index (χ4n) is 1.30. The normalized spacial score (nSPS) is 25.7. The zero-order valence-electron chi connectivity index (χ0n) is 8.93. The zero-order valence-corrected chi connectivity index (χ0v) is 8.93. The van der Waals surface area contributed by atoms with Crippen LogP contribution in [0.4, 0.5) is 0 Å². The Bertz CT molecular complexity index is 320. The highest BCUT2D eigenvalue weighted by molar-refractivity contribution is 6.38. The average molecular weight is 214 g/mol. The number of hydrogen-bond donors (Lipinski definition) is 1. The molecule has 0 aliphatic carbocycles. The van der Waals surface area contributed by atoms with Gasteiger partial charge in [-0.05, 0) is 13.8 Å². The predicted molar refractivity (Wildman–Crippen MR) is 50.2 cm³/mol. The number of nitrogens with zero attached hydrogens (tertiary/aromatic N) is 2. The van der Waals surface area contributed by atoms with E-state index in [0.29, 0.717) is 0 Å². The van der Waals surface area contributed by atoms with Gasteiger partial charge in [0.15, 0.2) is 11.9 Å². The number of Topliss-reactive ketones (excluding diaryl/α,β-unsaturated/α-hetero) is 1. The molecule has 0 amide bonds. The van der Waals surface area contributed by atoms with E-state index in [4.69, 9.17) is 15.0 Å². The molecule has 2 atom stereocenters. The second kappa shape index (κ2) is 4.20. The summed E-state index contributed by atoms with van der Waals surface area (Å²) in [5.41, 5.74) is 8.23. The third-order valence-corrected chi connectivity index (χ3v) is 2.16. The highest BCUT2D eigenvalue weighted by atomic mass is 16.7. The molecular weight excluding hydrogens is 200 g/mol. The summed E-state index contributed by atoms with van der Waals surface area (Å²) in [5, 5.41) is 9.60. The van der Waals surface area contributed by atoms with Crippen LogP contribution in [0.25, 0.3) is 5.53 Å². The Labute approximate surface area is 87.4 Å². The Morgan fingerprint density at radius 1 is 1.67 bits per heavy atom. The van der Waals surface area contributed by atoms with Gasteiger partial charge in [-0.1, -0.05) is 0 Å².